The molecule has 1 aliphatic rings. The number of nitrogens with zero attached hydrogens (tertiary/aromatic N) is 4. The van der Waals surface area contributed by atoms with Crippen molar-refractivity contribution in [2.75, 3.05) is 18.8 Å². The van der Waals surface area contributed by atoms with Crippen LogP contribution in [-0.2, 0) is 11.2 Å². The molecule has 0 radical (unpaired) electrons. The highest BCUT2D eigenvalue weighted by molar-refractivity contribution is 6.00. The topological polar surface area (TPSA) is 121 Å². The van der Waals surface area contributed by atoms with Crippen LogP contribution < -0.4 is 10.5 Å². The lowest BCUT2D eigenvalue weighted by Gasteiger charge is -2.16. The molecule has 3 N–H and O–H groups in total. The van der Waals surface area contributed by atoms with Gasteiger partial charge in [-0.05, 0) is 67.1 Å². The number of anilines is 1. The van der Waals surface area contributed by atoms with Crippen LogP contribution in [0.5, 0.6) is 11.5 Å². The molecule has 4 aromatic rings. The molecule has 192 valence electrons. The van der Waals surface area contributed by atoms with Crippen LogP contribution in [0.25, 0.3) is 22.2 Å². The molecule has 5 rings (SSSR count). The van der Waals surface area contributed by atoms with Gasteiger partial charge in [-0.2, -0.15) is 10.4 Å². The second-order valence-electron chi connectivity index (χ2n) is 9.98. The van der Waals surface area contributed by atoms with E-state index in [4.69, 9.17) is 15.5 Å². The number of amides is 1. The van der Waals surface area contributed by atoms with Crippen molar-refractivity contribution in [3.63, 3.8) is 0 Å². The summed E-state index contributed by atoms with van der Waals surface area (Å²) in [6.45, 7) is 5.16. The average Bonchev–Trinajstić information content (AvgIpc) is 3.54. The average molecular weight is 507 g/mol. The van der Waals surface area contributed by atoms with Crippen LogP contribution >= 0.6 is 0 Å². The number of nitriles is 1. The molecule has 1 fully saturated rings. The molecule has 0 aliphatic carbocycles. The van der Waals surface area contributed by atoms with Crippen LogP contribution in [0.15, 0.2) is 72.3 Å². The molecule has 0 spiro atoms. The number of hydrogen-bond donors (Lipinski definition) is 2. The van der Waals surface area contributed by atoms with Crippen LogP contribution in [0.2, 0.25) is 0 Å². The Kier molecular flexibility index (Phi) is 7.09. The maximum absolute atomic E-state index is 12.9. The van der Waals surface area contributed by atoms with E-state index in [1.807, 2.05) is 74.5 Å². The Balaban J connectivity index is 1.36. The van der Waals surface area contributed by atoms with Gasteiger partial charge in [-0.3, -0.25) is 14.9 Å². The number of aromatic nitrogens is 3. The van der Waals surface area contributed by atoms with Crippen molar-refractivity contribution in [2.45, 2.75) is 26.7 Å². The van der Waals surface area contributed by atoms with Gasteiger partial charge < -0.3 is 15.4 Å². The van der Waals surface area contributed by atoms with Gasteiger partial charge in [-0.1, -0.05) is 38.1 Å². The molecule has 8 heteroatoms. The first kappa shape index (κ1) is 25.0. The Hall–Kier alpha value is -4.64. The van der Waals surface area contributed by atoms with Gasteiger partial charge in [-0.25, -0.2) is 0 Å². The van der Waals surface area contributed by atoms with E-state index < -0.39 is 0 Å². The van der Waals surface area contributed by atoms with Gasteiger partial charge in [0.15, 0.2) is 5.82 Å². The highest BCUT2D eigenvalue weighted by Crippen LogP contribution is 2.33. The van der Waals surface area contributed by atoms with E-state index in [0.717, 1.165) is 45.8 Å². The largest absolute Gasteiger partial charge is 0.457 e. The fourth-order valence-corrected chi connectivity index (χ4v) is 4.88. The summed E-state index contributed by atoms with van der Waals surface area (Å²) in [5, 5.41) is 17.5. The molecular formula is C30H30N6O2. The Morgan fingerprint density at radius 1 is 1.21 bits per heavy atom. The fraction of sp³-hybridized carbons (Fsp3) is 0.267. The Morgan fingerprint density at radius 2 is 1.95 bits per heavy atom. The summed E-state index contributed by atoms with van der Waals surface area (Å²) in [6, 6.07) is 21.4. The van der Waals surface area contributed by atoms with Crippen LogP contribution in [0.1, 0.15) is 26.0 Å². The maximum atomic E-state index is 12.9. The predicted molar refractivity (Wildman–Crippen MR) is 147 cm³/mol. The highest BCUT2D eigenvalue weighted by atomic mass is 16.5. The number of pyridine rings is 1. The number of likely N-dealkylation sites (tertiary alicyclic amines) is 1. The van der Waals surface area contributed by atoms with Crippen LogP contribution in [-0.4, -0.2) is 39.1 Å². The zero-order valence-corrected chi connectivity index (χ0v) is 21.5. The number of para-hydroxylation sites is 1. The van der Waals surface area contributed by atoms with E-state index in [2.05, 4.69) is 16.3 Å². The van der Waals surface area contributed by atoms with Crippen LogP contribution in [0.4, 0.5) is 5.82 Å². The van der Waals surface area contributed by atoms with Gasteiger partial charge in [0, 0.05) is 24.3 Å². The number of nitrogens with one attached hydrogen (secondary N) is 1. The molecule has 0 saturated carbocycles. The van der Waals surface area contributed by atoms with Crippen molar-refractivity contribution in [2.24, 2.45) is 11.8 Å². The molecule has 3 heterocycles. The van der Waals surface area contributed by atoms with E-state index in [1.54, 1.807) is 11.0 Å². The summed E-state index contributed by atoms with van der Waals surface area (Å²) in [7, 11) is 0. The number of carbonyl (C=O) groups is 1. The molecule has 0 bridgehead atoms. The minimum atomic E-state index is -0.188. The summed E-state index contributed by atoms with van der Waals surface area (Å²) in [6.07, 6.45) is 3.30. The first-order chi connectivity index (χ1) is 18.4. The van der Waals surface area contributed by atoms with E-state index in [9.17, 15) is 10.1 Å². The minimum Gasteiger partial charge on any atom is -0.457 e. The number of allylic oxidation sites excluding steroid dienone is 1. The number of nitrogens with two attached hydrogens (primary N) is 1. The van der Waals surface area contributed by atoms with Crippen LogP contribution in [0, 0.1) is 23.2 Å². The number of ether oxygens (including phenoxy) is 1. The number of hydrogen-bond acceptors (Lipinski definition) is 6. The van der Waals surface area contributed by atoms with Crippen molar-refractivity contribution >= 4 is 22.6 Å². The second-order valence-corrected chi connectivity index (χ2v) is 9.98. The van der Waals surface area contributed by atoms with Crippen molar-refractivity contribution in [1.29, 1.82) is 5.26 Å². The zero-order valence-electron chi connectivity index (χ0n) is 21.5. The molecule has 1 atom stereocenters. The number of H-pyrrole nitrogens is 1. The summed E-state index contributed by atoms with van der Waals surface area (Å²) in [4.78, 5) is 19.6. The van der Waals surface area contributed by atoms with Crippen LogP contribution in [0.3, 0.4) is 0 Å². The fourth-order valence-electron chi connectivity index (χ4n) is 4.88. The number of fused-ring (bicyclic) bond motifs is 1. The Morgan fingerprint density at radius 3 is 2.66 bits per heavy atom. The summed E-state index contributed by atoms with van der Waals surface area (Å²) < 4.78 is 5.93. The van der Waals surface area contributed by atoms with E-state index >= 15 is 0 Å². The third-order valence-corrected chi connectivity index (χ3v) is 6.65. The van der Waals surface area contributed by atoms with E-state index in [-0.39, 0.29) is 23.3 Å². The summed E-state index contributed by atoms with van der Waals surface area (Å²) in [5.74, 6) is 2.10. The summed E-state index contributed by atoms with van der Waals surface area (Å²) in [5.41, 5.74) is 9.81. The SMILES string of the molecule is CC(C)C=C(C#N)C(=O)N1CCC(Cc2cc3[nH]nc(N)c3c(-c3ccc(Oc4ccccc4)cc3)n2)C1. The van der Waals surface area contributed by atoms with E-state index in [1.165, 1.54) is 0 Å². The standard InChI is InChI=1S/C30H30N6O2/c1-19(2)14-22(17-31)30(37)36-13-12-20(18-36)15-23-16-26-27(29(32)35-34-26)28(33-23)21-8-10-25(11-9-21)38-24-6-4-3-5-7-24/h3-11,14,16,19-20H,12-13,15,18H2,1-2H3,(H3,32,34,35). The van der Waals surface area contributed by atoms with Crippen molar-refractivity contribution in [1.82, 2.24) is 20.1 Å². The van der Waals surface area contributed by atoms with Gasteiger partial charge in [0.05, 0.1) is 16.6 Å². The minimum absolute atomic E-state index is 0.141. The number of nitrogen functional groups attached to an aromatic ring is 1. The van der Waals surface area contributed by atoms with Crippen molar-refractivity contribution < 1.29 is 9.53 Å². The number of aromatic amines is 1. The molecular weight excluding hydrogens is 476 g/mol. The summed E-state index contributed by atoms with van der Waals surface area (Å²) >= 11 is 0. The van der Waals surface area contributed by atoms with Gasteiger partial charge in [-0.15, -0.1) is 0 Å². The molecule has 38 heavy (non-hydrogen) atoms. The zero-order chi connectivity index (χ0) is 26.6. The lowest BCUT2D eigenvalue weighted by molar-refractivity contribution is -0.125. The predicted octanol–water partition coefficient (Wildman–Crippen LogP) is 5.50. The van der Waals surface area contributed by atoms with Gasteiger partial charge in [0.1, 0.15) is 23.1 Å². The Bertz CT molecular complexity index is 1520. The van der Waals surface area contributed by atoms with Crippen molar-refractivity contribution in [3.8, 4) is 28.8 Å². The van der Waals surface area contributed by atoms with Gasteiger partial charge >= 0.3 is 0 Å². The lowest BCUT2D eigenvalue weighted by atomic mass is 10.00. The first-order valence-corrected chi connectivity index (χ1v) is 12.8. The smallest absolute Gasteiger partial charge is 0.264 e. The molecule has 1 amide bonds. The molecule has 8 nitrogen and oxygen atoms in total. The highest BCUT2D eigenvalue weighted by Gasteiger charge is 2.29. The third-order valence-electron chi connectivity index (χ3n) is 6.65. The number of rotatable bonds is 7. The third kappa shape index (κ3) is 5.37. The first-order valence-electron chi connectivity index (χ1n) is 12.8. The maximum Gasteiger partial charge on any atom is 0.264 e. The van der Waals surface area contributed by atoms with Crippen molar-refractivity contribution in [3.05, 3.63) is 78.0 Å². The molecule has 2 aromatic heterocycles. The molecule has 1 saturated heterocycles. The van der Waals surface area contributed by atoms with E-state index in [0.29, 0.717) is 25.3 Å². The molecule has 1 aliphatic heterocycles. The Labute approximate surface area is 221 Å². The van der Waals surface area contributed by atoms with Gasteiger partial charge in [0.25, 0.3) is 5.91 Å². The monoisotopic (exact) mass is 506 g/mol. The lowest BCUT2D eigenvalue weighted by Crippen LogP contribution is -2.30. The van der Waals surface area contributed by atoms with Gasteiger partial charge in [0.2, 0.25) is 0 Å². The number of benzene rings is 2. The second kappa shape index (κ2) is 10.8. The normalized spacial score (nSPS) is 15.7. The quantitative estimate of drug-likeness (QED) is 0.252. The number of carbonyl (C=O) groups excluding carboxylic acids is 1. The molecule has 1 unspecified atom stereocenters. The molecule has 2 aromatic carbocycles.